The molecule has 96 valence electrons. The summed E-state index contributed by atoms with van der Waals surface area (Å²) in [7, 11) is 0. The summed E-state index contributed by atoms with van der Waals surface area (Å²) in [5.41, 5.74) is 6.82. The molecule has 0 aliphatic rings. The maximum atomic E-state index is 12.4. The number of hydrogen-bond acceptors (Lipinski definition) is 4. The Morgan fingerprint density at radius 3 is 2.94 bits per heavy atom. The molecule has 2 heterocycles. The Kier molecular flexibility index (Phi) is 3.57. The first-order valence-electron chi connectivity index (χ1n) is 5.93. The molecule has 0 fully saturated rings. The summed E-state index contributed by atoms with van der Waals surface area (Å²) < 4.78 is 1.64. The van der Waals surface area contributed by atoms with Crippen molar-refractivity contribution in [3.8, 4) is 0 Å². The predicted octanol–water partition coefficient (Wildman–Crippen LogP) is 0.539. The van der Waals surface area contributed by atoms with E-state index < -0.39 is 0 Å². The van der Waals surface area contributed by atoms with Gasteiger partial charge in [-0.1, -0.05) is 0 Å². The Morgan fingerprint density at radius 1 is 1.50 bits per heavy atom. The molecule has 1 amide bonds. The first-order valence-corrected chi connectivity index (χ1v) is 5.93. The van der Waals surface area contributed by atoms with Gasteiger partial charge in [-0.2, -0.15) is 5.10 Å². The molecule has 18 heavy (non-hydrogen) atoms. The fourth-order valence-electron chi connectivity index (χ4n) is 1.89. The lowest BCUT2D eigenvalue weighted by atomic mass is 10.2. The largest absolute Gasteiger partial charge is 0.335 e. The van der Waals surface area contributed by atoms with Crippen LogP contribution in [-0.4, -0.2) is 44.5 Å². The topological polar surface area (TPSA) is 76.5 Å². The van der Waals surface area contributed by atoms with Gasteiger partial charge in [0.05, 0.1) is 23.5 Å². The molecule has 0 atom stereocenters. The maximum absolute atomic E-state index is 12.4. The van der Waals surface area contributed by atoms with Crippen LogP contribution < -0.4 is 5.73 Å². The third-order valence-electron chi connectivity index (χ3n) is 2.81. The number of nitrogens with zero attached hydrogens (tertiary/aromatic N) is 4. The SMILES string of the molecule is CC(C)N(CCN)C(=O)c1cnn2ccncc12. The lowest BCUT2D eigenvalue weighted by molar-refractivity contribution is 0.0714. The van der Waals surface area contributed by atoms with Gasteiger partial charge in [0, 0.05) is 31.5 Å². The highest BCUT2D eigenvalue weighted by atomic mass is 16.2. The molecule has 2 rings (SSSR count). The van der Waals surface area contributed by atoms with Crippen LogP contribution >= 0.6 is 0 Å². The van der Waals surface area contributed by atoms with Crippen LogP contribution in [0.2, 0.25) is 0 Å². The van der Waals surface area contributed by atoms with Gasteiger partial charge in [-0.15, -0.1) is 0 Å². The van der Waals surface area contributed by atoms with Gasteiger partial charge in [0.15, 0.2) is 0 Å². The standard InChI is InChI=1S/C12H17N5O/c1-9(2)16(5-3-13)12(18)10-7-15-17-6-4-14-8-11(10)17/h4,6-9H,3,5,13H2,1-2H3. The Bertz CT molecular complexity index is 548. The van der Waals surface area contributed by atoms with Gasteiger partial charge in [-0.25, -0.2) is 4.52 Å². The lowest BCUT2D eigenvalue weighted by Crippen LogP contribution is -2.40. The molecule has 2 N–H and O–H groups in total. The molecule has 0 bridgehead atoms. The number of carbonyl (C=O) groups excluding carboxylic acids is 1. The molecule has 0 aliphatic heterocycles. The van der Waals surface area contributed by atoms with Crippen LogP contribution in [0.15, 0.2) is 24.8 Å². The molecule has 2 aromatic rings. The molecular formula is C12H17N5O. The highest BCUT2D eigenvalue weighted by molar-refractivity contribution is 6.00. The molecule has 6 nitrogen and oxygen atoms in total. The smallest absolute Gasteiger partial charge is 0.258 e. The average molecular weight is 247 g/mol. The Balaban J connectivity index is 2.38. The van der Waals surface area contributed by atoms with E-state index in [-0.39, 0.29) is 11.9 Å². The van der Waals surface area contributed by atoms with Crippen LogP contribution in [0.5, 0.6) is 0 Å². The minimum atomic E-state index is -0.0570. The Labute approximate surface area is 105 Å². The third kappa shape index (κ3) is 2.19. The molecule has 0 unspecified atom stereocenters. The number of carbonyl (C=O) groups is 1. The van der Waals surface area contributed by atoms with Crippen LogP contribution in [0, 0.1) is 0 Å². The second kappa shape index (κ2) is 5.14. The van der Waals surface area contributed by atoms with Gasteiger partial charge in [0.2, 0.25) is 0 Å². The first-order chi connectivity index (χ1) is 8.65. The van der Waals surface area contributed by atoms with E-state index in [1.807, 2.05) is 13.8 Å². The maximum Gasteiger partial charge on any atom is 0.258 e. The second-order valence-corrected chi connectivity index (χ2v) is 4.35. The van der Waals surface area contributed by atoms with Gasteiger partial charge in [0.25, 0.3) is 5.91 Å². The molecule has 0 spiro atoms. The Morgan fingerprint density at radius 2 is 2.28 bits per heavy atom. The van der Waals surface area contributed by atoms with E-state index >= 15 is 0 Å². The summed E-state index contributed by atoms with van der Waals surface area (Å²) in [5.74, 6) is -0.0570. The summed E-state index contributed by atoms with van der Waals surface area (Å²) in [6, 6.07) is 0.104. The lowest BCUT2D eigenvalue weighted by Gasteiger charge is -2.25. The van der Waals surface area contributed by atoms with E-state index in [4.69, 9.17) is 5.73 Å². The van der Waals surface area contributed by atoms with E-state index in [2.05, 4.69) is 10.1 Å². The van der Waals surface area contributed by atoms with Crippen molar-refractivity contribution in [2.75, 3.05) is 13.1 Å². The fourth-order valence-corrected chi connectivity index (χ4v) is 1.89. The predicted molar refractivity (Wildman–Crippen MR) is 68.2 cm³/mol. The van der Waals surface area contributed by atoms with Gasteiger partial charge in [-0.05, 0) is 13.8 Å². The minimum Gasteiger partial charge on any atom is -0.335 e. The number of aromatic nitrogens is 3. The normalized spacial score (nSPS) is 11.1. The van der Waals surface area contributed by atoms with Crippen LogP contribution in [0.1, 0.15) is 24.2 Å². The molecule has 0 saturated heterocycles. The van der Waals surface area contributed by atoms with Gasteiger partial charge < -0.3 is 10.6 Å². The zero-order valence-electron chi connectivity index (χ0n) is 10.6. The third-order valence-corrected chi connectivity index (χ3v) is 2.81. The van der Waals surface area contributed by atoms with Crippen LogP contribution in [0.25, 0.3) is 5.52 Å². The molecule has 2 aromatic heterocycles. The van der Waals surface area contributed by atoms with Gasteiger partial charge in [0.1, 0.15) is 0 Å². The van der Waals surface area contributed by atoms with Crippen molar-refractivity contribution in [2.24, 2.45) is 5.73 Å². The molecule has 6 heteroatoms. The van der Waals surface area contributed by atoms with Crippen molar-refractivity contribution >= 4 is 11.4 Å². The Hall–Kier alpha value is -1.95. The summed E-state index contributed by atoms with van der Waals surface area (Å²) in [4.78, 5) is 18.2. The molecular weight excluding hydrogens is 230 g/mol. The molecule has 0 aromatic carbocycles. The van der Waals surface area contributed by atoms with Crippen molar-refractivity contribution in [1.82, 2.24) is 19.5 Å². The minimum absolute atomic E-state index is 0.0570. The number of nitrogens with two attached hydrogens (primary N) is 1. The van der Waals surface area contributed by atoms with Crippen LogP contribution in [0.4, 0.5) is 0 Å². The quantitative estimate of drug-likeness (QED) is 0.855. The van der Waals surface area contributed by atoms with Crippen molar-refractivity contribution < 1.29 is 4.79 Å². The van der Waals surface area contributed by atoms with Crippen molar-refractivity contribution in [1.29, 1.82) is 0 Å². The highest BCUT2D eigenvalue weighted by Crippen LogP contribution is 2.13. The van der Waals surface area contributed by atoms with Crippen LogP contribution in [-0.2, 0) is 0 Å². The molecule has 0 radical (unpaired) electrons. The molecule has 0 aliphatic carbocycles. The number of fused-ring (bicyclic) bond motifs is 1. The van der Waals surface area contributed by atoms with Crippen molar-refractivity contribution in [3.63, 3.8) is 0 Å². The summed E-state index contributed by atoms with van der Waals surface area (Å²) in [6.45, 7) is 4.92. The number of hydrogen-bond donors (Lipinski definition) is 1. The summed E-state index contributed by atoms with van der Waals surface area (Å²) in [6.07, 6.45) is 6.57. The van der Waals surface area contributed by atoms with Crippen molar-refractivity contribution in [2.45, 2.75) is 19.9 Å². The van der Waals surface area contributed by atoms with Crippen molar-refractivity contribution in [3.05, 3.63) is 30.4 Å². The van der Waals surface area contributed by atoms with E-state index in [1.54, 1.807) is 34.2 Å². The number of rotatable bonds is 4. The monoisotopic (exact) mass is 247 g/mol. The first kappa shape index (κ1) is 12.5. The van der Waals surface area contributed by atoms with Gasteiger partial charge >= 0.3 is 0 Å². The summed E-state index contributed by atoms with van der Waals surface area (Å²) in [5, 5.41) is 4.14. The zero-order chi connectivity index (χ0) is 13.1. The van der Waals surface area contributed by atoms with Crippen LogP contribution in [0.3, 0.4) is 0 Å². The number of amides is 1. The highest BCUT2D eigenvalue weighted by Gasteiger charge is 2.21. The zero-order valence-corrected chi connectivity index (χ0v) is 10.6. The average Bonchev–Trinajstić information content (AvgIpc) is 2.78. The van der Waals surface area contributed by atoms with E-state index in [1.165, 1.54) is 0 Å². The molecule has 0 saturated carbocycles. The second-order valence-electron chi connectivity index (χ2n) is 4.35. The van der Waals surface area contributed by atoms with E-state index in [0.29, 0.717) is 24.2 Å². The van der Waals surface area contributed by atoms with E-state index in [9.17, 15) is 4.79 Å². The van der Waals surface area contributed by atoms with Gasteiger partial charge in [-0.3, -0.25) is 9.78 Å². The van der Waals surface area contributed by atoms with E-state index in [0.717, 1.165) is 0 Å². The summed E-state index contributed by atoms with van der Waals surface area (Å²) >= 11 is 0. The fraction of sp³-hybridized carbons (Fsp3) is 0.417.